The van der Waals surface area contributed by atoms with Gasteiger partial charge in [0.25, 0.3) is 0 Å². The summed E-state index contributed by atoms with van der Waals surface area (Å²) in [5.74, 6) is -0.215. The van der Waals surface area contributed by atoms with Crippen LogP contribution < -0.4 is 15.5 Å². The molecule has 7 heteroatoms. The summed E-state index contributed by atoms with van der Waals surface area (Å²) >= 11 is 0. The molecule has 3 rings (SSSR count). The van der Waals surface area contributed by atoms with Crippen LogP contribution in [0.2, 0.25) is 0 Å². The molecule has 6 nitrogen and oxygen atoms in total. The van der Waals surface area contributed by atoms with E-state index in [0.717, 1.165) is 18.4 Å². The van der Waals surface area contributed by atoms with Gasteiger partial charge in [0.15, 0.2) is 0 Å². The molecule has 0 aromatic heterocycles. The lowest BCUT2D eigenvalue weighted by Crippen LogP contribution is -2.41. The minimum absolute atomic E-state index is 0.157. The number of aliphatic hydroxyl groups excluding tert-OH is 1. The molecule has 0 bridgehead atoms. The third-order valence-corrected chi connectivity index (χ3v) is 5.68. The summed E-state index contributed by atoms with van der Waals surface area (Å²) in [6.07, 6.45) is 6.14. The Kier molecular flexibility index (Phi) is 7.52. The lowest BCUT2D eigenvalue weighted by Gasteiger charge is -2.33. The Balaban J connectivity index is 1.57. The van der Waals surface area contributed by atoms with Crippen molar-refractivity contribution in [1.82, 2.24) is 5.32 Å². The topological polar surface area (TPSA) is 84.8 Å². The zero-order chi connectivity index (χ0) is 21.5. The number of aliphatic hydroxyl groups is 1. The van der Waals surface area contributed by atoms with E-state index in [-0.39, 0.29) is 18.2 Å². The smallest absolute Gasteiger partial charge is 0.319 e. The third kappa shape index (κ3) is 5.86. The molecule has 30 heavy (non-hydrogen) atoms. The van der Waals surface area contributed by atoms with Crippen LogP contribution in [0.3, 0.4) is 0 Å². The minimum atomic E-state index is -0.513. The molecule has 0 unspecified atom stereocenters. The molecule has 2 aromatic carbocycles. The normalized spacial score (nSPS) is 15.4. The molecule has 1 fully saturated rings. The Bertz CT molecular complexity index is 838. The summed E-state index contributed by atoms with van der Waals surface area (Å²) in [6.45, 7) is -0.242. The molecule has 2 amide bonds. The molecule has 4 N–H and O–H groups in total. The van der Waals surface area contributed by atoms with Crippen LogP contribution in [0.5, 0.6) is 5.75 Å². The summed E-state index contributed by atoms with van der Waals surface area (Å²) in [7, 11) is 1.92. The maximum absolute atomic E-state index is 14.7. The number of aromatic hydroxyl groups is 1. The quantitative estimate of drug-likeness (QED) is 0.550. The Morgan fingerprint density at radius 3 is 2.50 bits per heavy atom. The largest absolute Gasteiger partial charge is 0.508 e. The zero-order valence-corrected chi connectivity index (χ0v) is 17.3. The molecule has 1 aliphatic rings. The van der Waals surface area contributed by atoms with Crippen LogP contribution >= 0.6 is 0 Å². The predicted molar refractivity (Wildman–Crippen MR) is 117 cm³/mol. The van der Waals surface area contributed by atoms with E-state index in [1.54, 1.807) is 36.4 Å². The van der Waals surface area contributed by atoms with Crippen LogP contribution in [0.1, 0.15) is 37.7 Å². The number of halogens is 1. The molecule has 0 saturated heterocycles. The highest BCUT2D eigenvalue weighted by atomic mass is 19.1. The molecule has 1 saturated carbocycles. The molecular weight excluding hydrogens is 385 g/mol. The van der Waals surface area contributed by atoms with Crippen LogP contribution in [-0.2, 0) is 6.42 Å². The molecule has 2 aromatic rings. The number of hydrogen-bond acceptors (Lipinski definition) is 4. The van der Waals surface area contributed by atoms with Gasteiger partial charge in [0, 0.05) is 18.8 Å². The van der Waals surface area contributed by atoms with Gasteiger partial charge >= 0.3 is 6.03 Å². The van der Waals surface area contributed by atoms with E-state index in [9.17, 15) is 19.4 Å². The fourth-order valence-corrected chi connectivity index (χ4v) is 3.97. The van der Waals surface area contributed by atoms with Crippen LogP contribution in [0, 0.1) is 5.82 Å². The average Bonchev–Trinajstić information content (AvgIpc) is 2.75. The number of carbonyl (C=O) groups is 1. The number of anilines is 2. The van der Waals surface area contributed by atoms with Gasteiger partial charge in [-0.1, -0.05) is 31.4 Å². The molecule has 0 radical (unpaired) electrons. The molecule has 0 heterocycles. The third-order valence-electron chi connectivity index (χ3n) is 5.68. The van der Waals surface area contributed by atoms with Crippen LogP contribution in [-0.4, -0.2) is 42.0 Å². The highest BCUT2D eigenvalue weighted by molar-refractivity contribution is 5.89. The predicted octanol–water partition coefficient (Wildman–Crippen LogP) is 4.03. The number of hydrogen-bond donors (Lipinski definition) is 4. The van der Waals surface area contributed by atoms with Crippen molar-refractivity contribution in [2.24, 2.45) is 0 Å². The van der Waals surface area contributed by atoms with Gasteiger partial charge in [0.1, 0.15) is 11.6 Å². The zero-order valence-electron chi connectivity index (χ0n) is 17.3. The molecular formula is C23H30FN3O3. The Hall–Kier alpha value is -2.80. The second-order valence-corrected chi connectivity index (χ2v) is 7.92. The number of nitrogens with zero attached hydrogens (tertiary/aromatic N) is 1. The van der Waals surface area contributed by atoms with Crippen molar-refractivity contribution in [3.8, 4) is 5.75 Å². The van der Waals surface area contributed by atoms with Crippen molar-refractivity contribution in [3.63, 3.8) is 0 Å². The maximum Gasteiger partial charge on any atom is 0.319 e. The van der Waals surface area contributed by atoms with Crippen LogP contribution in [0.15, 0.2) is 42.5 Å². The first-order valence-electron chi connectivity index (χ1n) is 10.4. The highest BCUT2D eigenvalue weighted by Crippen LogP contribution is 2.29. The summed E-state index contributed by atoms with van der Waals surface area (Å²) < 4.78 is 14.7. The molecule has 0 spiro atoms. The lowest BCUT2D eigenvalue weighted by molar-refractivity contribution is 0.224. The number of phenolic OH excluding ortho intramolecular Hbond substituents is 1. The van der Waals surface area contributed by atoms with Crippen molar-refractivity contribution in [2.45, 2.75) is 50.6 Å². The van der Waals surface area contributed by atoms with Gasteiger partial charge in [-0.3, -0.25) is 0 Å². The van der Waals surface area contributed by atoms with Crippen molar-refractivity contribution in [2.75, 3.05) is 23.9 Å². The van der Waals surface area contributed by atoms with E-state index < -0.39 is 12.1 Å². The highest BCUT2D eigenvalue weighted by Gasteiger charge is 2.21. The van der Waals surface area contributed by atoms with E-state index in [1.165, 1.54) is 25.3 Å². The van der Waals surface area contributed by atoms with Gasteiger partial charge in [-0.2, -0.15) is 0 Å². The van der Waals surface area contributed by atoms with Crippen LogP contribution in [0.25, 0.3) is 0 Å². The van der Waals surface area contributed by atoms with Gasteiger partial charge in [-0.15, -0.1) is 0 Å². The van der Waals surface area contributed by atoms with Crippen molar-refractivity contribution < 1.29 is 19.4 Å². The van der Waals surface area contributed by atoms with Crippen molar-refractivity contribution in [3.05, 3.63) is 53.8 Å². The fourth-order valence-electron chi connectivity index (χ4n) is 3.97. The fraction of sp³-hybridized carbons (Fsp3) is 0.435. The van der Waals surface area contributed by atoms with E-state index in [0.29, 0.717) is 23.8 Å². The summed E-state index contributed by atoms with van der Waals surface area (Å²) in [5, 5.41) is 24.2. The van der Waals surface area contributed by atoms with Gasteiger partial charge in [-0.05, 0) is 55.2 Å². The van der Waals surface area contributed by atoms with Gasteiger partial charge in [0.2, 0.25) is 0 Å². The van der Waals surface area contributed by atoms with E-state index in [4.69, 9.17) is 0 Å². The van der Waals surface area contributed by atoms with Gasteiger partial charge in [0.05, 0.1) is 18.3 Å². The molecule has 0 aliphatic heterocycles. The maximum atomic E-state index is 14.7. The number of rotatable bonds is 7. The standard InChI is InChI=1S/C23H30FN3O3/c1-27(19-5-3-2-4-6-19)22-12-9-17(14-21(22)24)25-23(30)26-18(15-28)13-16-7-10-20(29)11-8-16/h7-12,14,18-19,28-29H,2-6,13,15H2,1H3,(H2,25,26,30)/t18-/m0/s1. The number of phenols is 1. The Labute approximate surface area is 176 Å². The minimum Gasteiger partial charge on any atom is -0.508 e. The molecule has 162 valence electrons. The number of carbonyl (C=O) groups excluding carboxylic acids is 1. The lowest BCUT2D eigenvalue weighted by atomic mass is 9.94. The van der Waals surface area contributed by atoms with Gasteiger partial charge in [-0.25, -0.2) is 9.18 Å². The average molecular weight is 416 g/mol. The van der Waals surface area contributed by atoms with Crippen molar-refractivity contribution >= 4 is 17.4 Å². The number of nitrogens with one attached hydrogen (secondary N) is 2. The first-order valence-corrected chi connectivity index (χ1v) is 10.4. The molecule has 1 atom stereocenters. The number of urea groups is 1. The Morgan fingerprint density at radius 1 is 1.17 bits per heavy atom. The van der Waals surface area contributed by atoms with Crippen LogP contribution in [0.4, 0.5) is 20.6 Å². The monoisotopic (exact) mass is 415 g/mol. The first-order chi connectivity index (χ1) is 14.5. The van der Waals surface area contributed by atoms with E-state index in [2.05, 4.69) is 10.6 Å². The first kappa shape index (κ1) is 21.9. The summed E-state index contributed by atoms with van der Waals surface area (Å²) in [4.78, 5) is 14.3. The Morgan fingerprint density at radius 2 is 1.87 bits per heavy atom. The van der Waals surface area contributed by atoms with Crippen molar-refractivity contribution in [1.29, 1.82) is 0 Å². The summed E-state index contributed by atoms with van der Waals surface area (Å²) in [6, 6.07) is 10.6. The second kappa shape index (κ2) is 10.3. The van der Waals surface area contributed by atoms with E-state index >= 15 is 0 Å². The molecule has 1 aliphatic carbocycles. The summed E-state index contributed by atoms with van der Waals surface area (Å²) in [5.41, 5.74) is 1.76. The number of amides is 2. The number of benzene rings is 2. The van der Waals surface area contributed by atoms with E-state index in [1.807, 2.05) is 11.9 Å². The second-order valence-electron chi connectivity index (χ2n) is 7.92. The SMILES string of the molecule is CN(c1ccc(NC(=O)N[C@H](CO)Cc2ccc(O)cc2)cc1F)C1CCCCC1. The van der Waals surface area contributed by atoms with Gasteiger partial charge < -0.3 is 25.7 Å².